The quantitative estimate of drug-likeness (QED) is 0.319. The Hall–Kier alpha value is -3.84. The Morgan fingerprint density at radius 3 is 2.50 bits per heavy atom. The van der Waals surface area contributed by atoms with Crippen molar-refractivity contribution in [3.05, 3.63) is 72.6 Å². The Labute approximate surface area is 212 Å². The highest BCUT2D eigenvalue weighted by atomic mass is 16.5. The summed E-state index contributed by atoms with van der Waals surface area (Å²) >= 11 is 0. The number of hydrogen-bond acceptors (Lipinski definition) is 7. The number of benzene rings is 3. The molecule has 7 heteroatoms. The van der Waals surface area contributed by atoms with Gasteiger partial charge in [0.1, 0.15) is 23.6 Å². The van der Waals surface area contributed by atoms with Crippen molar-refractivity contribution in [3.63, 3.8) is 0 Å². The van der Waals surface area contributed by atoms with Gasteiger partial charge >= 0.3 is 0 Å². The fourth-order valence-electron chi connectivity index (χ4n) is 4.43. The number of nitrogens with one attached hydrogen (secondary N) is 1. The van der Waals surface area contributed by atoms with Crippen LogP contribution in [0.25, 0.3) is 10.9 Å². The van der Waals surface area contributed by atoms with E-state index in [4.69, 9.17) is 14.2 Å². The van der Waals surface area contributed by atoms with Crippen LogP contribution in [0.1, 0.15) is 18.4 Å². The molecule has 1 aliphatic heterocycles. The Bertz CT molecular complexity index is 1320. The van der Waals surface area contributed by atoms with Crippen LogP contribution >= 0.6 is 0 Å². The summed E-state index contributed by atoms with van der Waals surface area (Å²) in [6, 6.07) is 19.7. The Morgan fingerprint density at radius 1 is 0.944 bits per heavy atom. The number of aromatic nitrogens is 2. The summed E-state index contributed by atoms with van der Waals surface area (Å²) in [5, 5.41) is 4.26. The van der Waals surface area contributed by atoms with Crippen LogP contribution < -0.4 is 19.5 Å². The molecule has 0 saturated carbocycles. The molecular weight excluding hydrogens is 452 g/mol. The van der Waals surface area contributed by atoms with E-state index in [0.29, 0.717) is 29.8 Å². The Kier molecular flexibility index (Phi) is 7.18. The van der Waals surface area contributed by atoms with Crippen molar-refractivity contribution in [3.8, 4) is 23.0 Å². The van der Waals surface area contributed by atoms with Crippen molar-refractivity contribution in [2.45, 2.75) is 19.8 Å². The van der Waals surface area contributed by atoms with Gasteiger partial charge in [0, 0.05) is 17.1 Å². The van der Waals surface area contributed by atoms with Crippen LogP contribution in [0, 0.1) is 12.8 Å². The van der Waals surface area contributed by atoms with Crippen molar-refractivity contribution >= 4 is 22.4 Å². The van der Waals surface area contributed by atoms with Gasteiger partial charge in [-0.05, 0) is 93.8 Å². The van der Waals surface area contributed by atoms with Gasteiger partial charge in [-0.3, -0.25) is 0 Å². The minimum absolute atomic E-state index is 0.557. The molecule has 7 nitrogen and oxygen atoms in total. The molecule has 1 aromatic heterocycles. The predicted octanol–water partition coefficient (Wildman–Crippen LogP) is 6.20. The van der Waals surface area contributed by atoms with Crippen molar-refractivity contribution in [2.24, 2.45) is 5.92 Å². The molecule has 0 bridgehead atoms. The maximum Gasteiger partial charge on any atom is 0.163 e. The van der Waals surface area contributed by atoms with E-state index in [1.54, 1.807) is 13.4 Å². The van der Waals surface area contributed by atoms with Crippen molar-refractivity contribution in [2.75, 3.05) is 39.2 Å². The fourth-order valence-corrected chi connectivity index (χ4v) is 4.43. The summed E-state index contributed by atoms with van der Waals surface area (Å²) < 4.78 is 17.8. The molecule has 1 saturated heterocycles. The Balaban J connectivity index is 1.31. The molecule has 2 heterocycles. The molecule has 1 fully saturated rings. The standard InChI is InChI=1S/C29H32N4O3/c1-20-5-4-6-24(15-20)36-23-9-7-22(8-10-23)32-29-25-16-27(34-3)28(17-26(25)30-19-31-29)35-18-21-11-13-33(2)14-12-21/h4-10,15-17,19,21H,11-14,18H2,1-3H3,(H,30,31,32). The van der Waals surface area contributed by atoms with E-state index in [9.17, 15) is 0 Å². The number of piperidine rings is 1. The van der Waals surface area contributed by atoms with Crippen LogP contribution in [0.15, 0.2) is 67.0 Å². The van der Waals surface area contributed by atoms with Gasteiger partial charge in [0.05, 0.1) is 19.2 Å². The second-order valence-electron chi connectivity index (χ2n) is 9.37. The van der Waals surface area contributed by atoms with E-state index in [1.807, 2.05) is 67.6 Å². The molecule has 0 aliphatic carbocycles. The molecule has 186 valence electrons. The van der Waals surface area contributed by atoms with E-state index in [0.717, 1.165) is 59.6 Å². The second-order valence-corrected chi connectivity index (χ2v) is 9.37. The van der Waals surface area contributed by atoms with Gasteiger partial charge < -0.3 is 24.4 Å². The van der Waals surface area contributed by atoms with Crippen LogP contribution in [-0.2, 0) is 0 Å². The second kappa shape index (κ2) is 10.8. The number of ether oxygens (including phenoxy) is 3. The van der Waals surface area contributed by atoms with Crippen LogP contribution in [0.4, 0.5) is 11.5 Å². The first-order chi connectivity index (χ1) is 17.6. The summed E-state index contributed by atoms with van der Waals surface area (Å²) in [7, 11) is 3.83. The molecule has 0 radical (unpaired) electrons. The van der Waals surface area contributed by atoms with Crippen LogP contribution in [-0.4, -0.2) is 48.7 Å². The molecule has 36 heavy (non-hydrogen) atoms. The fraction of sp³-hybridized carbons (Fsp3) is 0.310. The predicted molar refractivity (Wildman–Crippen MR) is 143 cm³/mol. The van der Waals surface area contributed by atoms with E-state index < -0.39 is 0 Å². The molecule has 1 aliphatic rings. The first kappa shape index (κ1) is 23.9. The normalized spacial score (nSPS) is 14.5. The van der Waals surface area contributed by atoms with Gasteiger partial charge in [0.15, 0.2) is 11.5 Å². The average Bonchev–Trinajstić information content (AvgIpc) is 2.89. The maximum absolute atomic E-state index is 6.20. The summed E-state index contributed by atoms with van der Waals surface area (Å²) in [6.45, 7) is 4.96. The molecule has 1 N–H and O–H groups in total. The van der Waals surface area contributed by atoms with Crippen LogP contribution in [0.5, 0.6) is 23.0 Å². The number of methoxy groups -OCH3 is 1. The third kappa shape index (κ3) is 5.69. The van der Waals surface area contributed by atoms with Gasteiger partial charge in [-0.2, -0.15) is 0 Å². The summed E-state index contributed by atoms with van der Waals surface area (Å²) in [5.74, 6) is 4.24. The number of anilines is 2. The van der Waals surface area contributed by atoms with E-state index in [2.05, 4.69) is 27.2 Å². The van der Waals surface area contributed by atoms with E-state index in [-0.39, 0.29) is 0 Å². The van der Waals surface area contributed by atoms with Gasteiger partial charge in [0.2, 0.25) is 0 Å². The molecule has 0 atom stereocenters. The highest BCUT2D eigenvalue weighted by molar-refractivity contribution is 5.93. The summed E-state index contributed by atoms with van der Waals surface area (Å²) in [4.78, 5) is 11.3. The van der Waals surface area contributed by atoms with E-state index in [1.165, 1.54) is 0 Å². The average molecular weight is 485 g/mol. The van der Waals surface area contributed by atoms with E-state index >= 15 is 0 Å². The minimum Gasteiger partial charge on any atom is -0.493 e. The zero-order valence-corrected chi connectivity index (χ0v) is 21.0. The molecule has 3 aromatic carbocycles. The summed E-state index contributed by atoms with van der Waals surface area (Å²) in [6.07, 6.45) is 3.86. The van der Waals surface area contributed by atoms with Crippen molar-refractivity contribution in [1.29, 1.82) is 0 Å². The molecule has 0 unspecified atom stereocenters. The SMILES string of the molecule is COc1cc2c(Nc3ccc(Oc4cccc(C)c4)cc3)ncnc2cc1OCC1CCN(C)CC1. The number of rotatable bonds is 8. The zero-order chi connectivity index (χ0) is 24.9. The number of likely N-dealkylation sites (tertiary alicyclic amines) is 1. The molecule has 4 aromatic rings. The van der Waals surface area contributed by atoms with Gasteiger partial charge in [-0.15, -0.1) is 0 Å². The lowest BCUT2D eigenvalue weighted by Crippen LogP contribution is -2.32. The molecule has 5 rings (SSSR count). The smallest absolute Gasteiger partial charge is 0.163 e. The lowest BCUT2D eigenvalue weighted by Gasteiger charge is -2.28. The van der Waals surface area contributed by atoms with Gasteiger partial charge in [-0.25, -0.2) is 9.97 Å². The number of hydrogen-bond donors (Lipinski definition) is 1. The highest BCUT2D eigenvalue weighted by Gasteiger charge is 2.19. The number of nitrogens with zero attached hydrogens (tertiary/aromatic N) is 3. The zero-order valence-electron chi connectivity index (χ0n) is 21.0. The lowest BCUT2D eigenvalue weighted by molar-refractivity contribution is 0.157. The summed E-state index contributed by atoms with van der Waals surface area (Å²) in [5.41, 5.74) is 2.85. The first-order valence-electron chi connectivity index (χ1n) is 12.3. The molecular formula is C29H32N4O3. The third-order valence-electron chi connectivity index (χ3n) is 6.58. The van der Waals surface area contributed by atoms with Gasteiger partial charge in [0.25, 0.3) is 0 Å². The molecule has 0 spiro atoms. The number of aryl methyl sites for hydroxylation is 1. The van der Waals surface area contributed by atoms with Crippen molar-refractivity contribution < 1.29 is 14.2 Å². The highest BCUT2D eigenvalue weighted by Crippen LogP contribution is 2.35. The van der Waals surface area contributed by atoms with Crippen LogP contribution in [0.3, 0.4) is 0 Å². The topological polar surface area (TPSA) is 68.7 Å². The third-order valence-corrected chi connectivity index (χ3v) is 6.58. The van der Waals surface area contributed by atoms with Gasteiger partial charge in [-0.1, -0.05) is 12.1 Å². The largest absolute Gasteiger partial charge is 0.493 e. The maximum atomic E-state index is 6.20. The number of fused-ring (bicyclic) bond motifs is 1. The monoisotopic (exact) mass is 484 g/mol. The van der Waals surface area contributed by atoms with Crippen molar-refractivity contribution in [1.82, 2.24) is 14.9 Å². The molecule has 0 amide bonds. The lowest BCUT2D eigenvalue weighted by atomic mass is 9.98. The van der Waals surface area contributed by atoms with Crippen LogP contribution in [0.2, 0.25) is 0 Å². The Morgan fingerprint density at radius 2 is 1.75 bits per heavy atom. The minimum atomic E-state index is 0.557. The first-order valence-corrected chi connectivity index (χ1v) is 12.3.